The van der Waals surface area contributed by atoms with E-state index in [1.165, 1.54) is 24.3 Å². The fraction of sp³-hybridized carbons (Fsp3) is 0. The lowest BCUT2D eigenvalue weighted by Gasteiger charge is -2.02. The predicted octanol–water partition coefficient (Wildman–Crippen LogP) is 1.62. The number of anilines is 1. The zero-order chi connectivity index (χ0) is 13.1. The minimum atomic E-state index is -0.603. The van der Waals surface area contributed by atoms with Crippen LogP contribution in [-0.4, -0.2) is 26.2 Å². The van der Waals surface area contributed by atoms with E-state index in [2.05, 4.69) is 20.7 Å². The molecular weight excluding hydrogens is 262 g/mol. The molecular formula is C9H6ClN5O3. The Balaban J connectivity index is 2.20. The molecule has 0 bridgehead atoms. The average Bonchev–Trinajstić information content (AvgIpc) is 2.76. The lowest BCUT2D eigenvalue weighted by Crippen LogP contribution is -2.13. The monoisotopic (exact) mass is 267 g/mol. The van der Waals surface area contributed by atoms with E-state index in [9.17, 15) is 14.9 Å². The van der Waals surface area contributed by atoms with Crippen LogP contribution in [0.1, 0.15) is 10.5 Å². The Hall–Kier alpha value is -2.48. The lowest BCUT2D eigenvalue weighted by molar-refractivity contribution is -0.384. The molecule has 0 atom stereocenters. The third-order valence-electron chi connectivity index (χ3n) is 2.04. The van der Waals surface area contributed by atoms with E-state index in [-0.39, 0.29) is 22.2 Å². The summed E-state index contributed by atoms with van der Waals surface area (Å²) >= 11 is 5.61. The SMILES string of the molecule is O=C(Nc1cccc([N+](=O)[O-])c1)c1n[nH]nc1Cl. The smallest absolute Gasteiger partial charge is 0.279 e. The van der Waals surface area contributed by atoms with Gasteiger partial charge in [0, 0.05) is 17.8 Å². The highest BCUT2D eigenvalue weighted by Gasteiger charge is 2.15. The second kappa shape index (κ2) is 4.80. The van der Waals surface area contributed by atoms with Crippen molar-refractivity contribution >= 4 is 28.9 Å². The van der Waals surface area contributed by atoms with Crippen LogP contribution in [0.4, 0.5) is 11.4 Å². The van der Waals surface area contributed by atoms with Crippen LogP contribution < -0.4 is 5.32 Å². The van der Waals surface area contributed by atoms with Crippen LogP contribution in [0.2, 0.25) is 5.15 Å². The van der Waals surface area contributed by atoms with Crippen molar-refractivity contribution in [3.8, 4) is 0 Å². The molecule has 0 saturated heterocycles. The number of hydrogen-bond donors (Lipinski definition) is 2. The summed E-state index contributed by atoms with van der Waals surface area (Å²) in [4.78, 5) is 21.7. The Labute approximate surface area is 105 Å². The Kier molecular flexibility index (Phi) is 3.20. The largest absolute Gasteiger partial charge is 0.320 e. The molecule has 9 heteroatoms. The van der Waals surface area contributed by atoms with Crippen LogP contribution in [0, 0.1) is 10.1 Å². The zero-order valence-electron chi connectivity index (χ0n) is 8.75. The van der Waals surface area contributed by atoms with Crippen LogP contribution in [0.25, 0.3) is 0 Å². The highest BCUT2D eigenvalue weighted by atomic mass is 35.5. The first-order chi connectivity index (χ1) is 8.58. The number of amides is 1. The van der Waals surface area contributed by atoms with Gasteiger partial charge in [0.2, 0.25) is 0 Å². The first-order valence-corrected chi connectivity index (χ1v) is 5.08. The minimum absolute atomic E-state index is 0.0714. The van der Waals surface area contributed by atoms with E-state index in [0.29, 0.717) is 0 Å². The Morgan fingerprint density at radius 3 is 2.83 bits per heavy atom. The van der Waals surface area contributed by atoms with Gasteiger partial charge in [0.05, 0.1) is 4.92 Å². The van der Waals surface area contributed by atoms with Crippen LogP contribution in [0.5, 0.6) is 0 Å². The number of nitrogens with one attached hydrogen (secondary N) is 2. The van der Waals surface area contributed by atoms with Crippen molar-refractivity contribution in [2.75, 3.05) is 5.32 Å². The summed E-state index contributed by atoms with van der Waals surface area (Å²) in [5.74, 6) is -0.603. The molecule has 0 saturated carbocycles. The van der Waals surface area contributed by atoms with Crippen molar-refractivity contribution in [1.29, 1.82) is 0 Å². The summed E-state index contributed by atoms with van der Waals surface area (Å²) < 4.78 is 0. The number of aromatic amines is 1. The van der Waals surface area contributed by atoms with Gasteiger partial charge in [0.1, 0.15) is 0 Å². The molecule has 0 radical (unpaired) electrons. The summed E-state index contributed by atoms with van der Waals surface area (Å²) in [5, 5.41) is 22.2. The molecule has 1 amide bonds. The minimum Gasteiger partial charge on any atom is -0.320 e. The number of nitro groups is 1. The van der Waals surface area contributed by atoms with E-state index in [0.717, 1.165) is 0 Å². The number of carbonyl (C=O) groups excluding carboxylic acids is 1. The van der Waals surface area contributed by atoms with Gasteiger partial charge in [-0.2, -0.15) is 5.21 Å². The maximum absolute atomic E-state index is 11.7. The van der Waals surface area contributed by atoms with Gasteiger partial charge < -0.3 is 5.32 Å². The van der Waals surface area contributed by atoms with Gasteiger partial charge in [-0.15, -0.1) is 10.2 Å². The Morgan fingerprint density at radius 1 is 1.44 bits per heavy atom. The van der Waals surface area contributed by atoms with Gasteiger partial charge in [0.15, 0.2) is 10.8 Å². The van der Waals surface area contributed by atoms with Gasteiger partial charge in [-0.1, -0.05) is 17.7 Å². The molecule has 2 aromatic rings. The molecule has 0 aliphatic heterocycles. The van der Waals surface area contributed by atoms with Crippen molar-refractivity contribution in [1.82, 2.24) is 15.4 Å². The maximum atomic E-state index is 11.7. The fourth-order valence-electron chi connectivity index (χ4n) is 1.25. The molecule has 0 fully saturated rings. The van der Waals surface area contributed by atoms with Gasteiger partial charge in [-0.3, -0.25) is 14.9 Å². The van der Waals surface area contributed by atoms with Gasteiger partial charge >= 0.3 is 0 Å². The molecule has 2 N–H and O–H groups in total. The second-order valence-electron chi connectivity index (χ2n) is 3.22. The van der Waals surface area contributed by atoms with Crippen LogP contribution in [0.15, 0.2) is 24.3 Å². The van der Waals surface area contributed by atoms with E-state index in [1.807, 2.05) is 0 Å². The van der Waals surface area contributed by atoms with E-state index >= 15 is 0 Å². The summed E-state index contributed by atoms with van der Waals surface area (Å²) in [6.45, 7) is 0. The Bertz CT molecular complexity index is 612. The molecule has 8 nitrogen and oxygen atoms in total. The first kappa shape index (κ1) is 12.0. The number of H-pyrrole nitrogens is 1. The van der Waals surface area contributed by atoms with Crippen LogP contribution in [-0.2, 0) is 0 Å². The summed E-state index contributed by atoms with van der Waals surface area (Å²) in [5.41, 5.74) is 0.0653. The third kappa shape index (κ3) is 2.43. The van der Waals surface area contributed by atoms with Gasteiger partial charge in [0.25, 0.3) is 11.6 Å². The highest BCUT2D eigenvalue weighted by Crippen LogP contribution is 2.18. The van der Waals surface area contributed by atoms with Crippen molar-refractivity contribution < 1.29 is 9.72 Å². The number of benzene rings is 1. The fourth-order valence-corrected chi connectivity index (χ4v) is 1.42. The number of hydrogen-bond acceptors (Lipinski definition) is 5. The molecule has 1 aromatic carbocycles. The zero-order valence-corrected chi connectivity index (χ0v) is 9.51. The van der Waals surface area contributed by atoms with Crippen molar-refractivity contribution in [2.45, 2.75) is 0 Å². The highest BCUT2D eigenvalue weighted by molar-refractivity contribution is 6.32. The molecule has 0 aliphatic carbocycles. The normalized spacial score (nSPS) is 10.1. The number of carbonyl (C=O) groups is 1. The van der Waals surface area contributed by atoms with Gasteiger partial charge in [-0.25, -0.2) is 0 Å². The number of halogens is 1. The van der Waals surface area contributed by atoms with E-state index < -0.39 is 10.8 Å². The molecule has 18 heavy (non-hydrogen) atoms. The number of nitrogens with zero attached hydrogens (tertiary/aromatic N) is 3. The van der Waals surface area contributed by atoms with Crippen molar-refractivity contribution in [3.63, 3.8) is 0 Å². The molecule has 92 valence electrons. The second-order valence-corrected chi connectivity index (χ2v) is 3.58. The molecule has 1 heterocycles. The van der Waals surface area contributed by atoms with Crippen LogP contribution >= 0.6 is 11.6 Å². The van der Waals surface area contributed by atoms with Gasteiger partial charge in [-0.05, 0) is 6.07 Å². The van der Waals surface area contributed by atoms with E-state index in [1.54, 1.807) is 0 Å². The number of nitro benzene ring substituents is 1. The number of aromatic nitrogens is 3. The number of rotatable bonds is 3. The number of non-ortho nitro benzene ring substituents is 1. The van der Waals surface area contributed by atoms with Crippen LogP contribution in [0.3, 0.4) is 0 Å². The molecule has 0 aliphatic rings. The standard InChI is InChI=1S/C9H6ClN5O3/c10-8-7(12-14-13-8)9(16)11-5-2-1-3-6(4-5)15(17)18/h1-4H,(H,11,16)(H,12,13,14). The topological polar surface area (TPSA) is 114 Å². The van der Waals surface area contributed by atoms with Crippen molar-refractivity contribution in [2.24, 2.45) is 0 Å². The average molecular weight is 268 g/mol. The molecule has 0 unspecified atom stereocenters. The molecule has 0 spiro atoms. The Morgan fingerprint density at radius 2 is 2.22 bits per heavy atom. The lowest BCUT2D eigenvalue weighted by atomic mass is 10.2. The summed E-state index contributed by atoms with van der Waals surface area (Å²) in [7, 11) is 0. The predicted molar refractivity (Wildman–Crippen MR) is 62.4 cm³/mol. The maximum Gasteiger partial charge on any atom is 0.279 e. The molecule has 2 rings (SSSR count). The summed E-state index contributed by atoms with van der Waals surface area (Å²) in [6, 6.07) is 5.52. The van der Waals surface area contributed by atoms with E-state index in [4.69, 9.17) is 11.6 Å². The first-order valence-electron chi connectivity index (χ1n) is 4.70. The third-order valence-corrected chi connectivity index (χ3v) is 2.30. The van der Waals surface area contributed by atoms with Crippen molar-refractivity contribution in [3.05, 3.63) is 45.2 Å². The summed E-state index contributed by atoms with van der Waals surface area (Å²) in [6.07, 6.45) is 0. The molecule has 1 aromatic heterocycles. The quantitative estimate of drug-likeness (QED) is 0.648.